The number of morpholine rings is 1. The van der Waals surface area contributed by atoms with Gasteiger partial charge in [-0.3, -0.25) is 19.6 Å². The quantitative estimate of drug-likeness (QED) is 0.204. The van der Waals surface area contributed by atoms with Crippen LogP contribution in [-0.2, 0) is 33.3 Å². The number of anilines is 1. The predicted molar refractivity (Wildman–Crippen MR) is 171 cm³/mol. The third-order valence-corrected chi connectivity index (χ3v) is 10.4. The molecule has 2 aliphatic heterocycles. The summed E-state index contributed by atoms with van der Waals surface area (Å²) in [5, 5.41) is 19.3. The molecule has 258 valence electrons. The van der Waals surface area contributed by atoms with Gasteiger partial charge < -0.3 is 25.5 Å². The summed E-state index contributed by atoms with van der Waals surface area (Å²) in [6.45, 7) is 5.73. The van der Waals surface area contributed by atoms with Crippen molar-refractivity contribution in [1.82, 2.24) is 24.0 Å². The average molecular weight is 698 g/mol. The average Bonchev–Trinajstić information content (AvgIpc) is 3.69. The molecule has 4 heterocycles. The number of carboxylic acid groups (broad SMARTS) is 1. The Morgan fingerprint density at radius 1 is 1.08 bits per heavy atom. The van der Waals surface area contributed by atoms with Gasteiger partial charge in [-0.1, -0.05) is 13.8 Å². The van der Waals surface area contributed by atoms with E-state index in [4.69, 9.17) is 10.5 Å². The van der Waals surface area contributed by atoms with Gasteiger partial charge in [-0.15, -0.1) is 0 Å². The standard InChI is InChI=1S/C32H33F2N7O7S/c1-32(2)17-41(49(46,47)22-11-20(33)10-21(34)12-22)16-25-27(32)37-38-29(25)36-30(43)24-13-26(40-4-3-18(15-40)31(44)45)19(9-23(24)28(35)42)14-39-5-7-48-8-6-39/h3-4,9-13,15H,5-8,14,16-17H2,1-2H3,(H2,35,42)(H,44,45)(H2,36,37,38,43). The van der Waals surface area contributed by atoms with Crippen molar-refractivity contribution in [2.45, 2.75) is 37.2 Å². The van der Waals surface area contributed by atoms with Gasteiger partial charge in [0.2, 0.25) is 15.9 Å². The van der Waals surface area contributed by atoms with E-state index in [1.54, 1.807) is 13.8 Å². The molecular weight excluding hydrogens is 664 g/mol. The second kappa shape index (κ2) is 12.8. The number of nitrogens with zero attached hydrogens (tertiary/aromatic N) is 4. The highest BCUT2D eigenvalue weighted by Gasteiger charge is 2.41. The molecule has 2 aromatic heterocycles. The van der Waals surface area contributed by atoms with E-state index in [0.29, 0.717) is 61.4 Å². The van der Waals surface area contributed by atoms with Crippen LogP contribution >= 0.6 is 0 Å². The van der Waals surface area contributed by atoms with Crippen LogP contribution in [0.4, 0.5) is 14.6 Å². The maximum Gasteiger partial charge on any atom is 0.337 e. The van der Waals surface area contributed by atoms with E-state index < -0.39 is 49.8 Å². The third kappa shape index (κ3) is 6.69. The van der Waals surface area contributed by atoms with Crippen molar-refractivity contribution in [3.05, 3.63) is 93.9 Å². The van der Waals surface area contributed by atoms with E-state index >= 15 is 0 Å². The van der Waals surface area contributed by atoms with Crippen LogP contribution in [-0.4, -0.2) is 88.1 Å². The monoisotopic (exact) mass is 697 g/mol. The minimum Gasteiger partial charge on any atom is -0.478 e. The Morgan fingerprint density at radius 3 is 2.41 bits per heavy atom. The lowest BCUT2D eigenvalue weighted by atomic mass is 9.84. The molecule has 2 aromatic carbocycles. The Kier molecular flexibility index (Phi) is 8.87. The molecule has 0 aliphatic carbocycles. The molecule has 0 unspecified atom stereocenters. The first-order valence-corrected chi connectivity index (χ1v) is 16.6. The number of carboxylic acids is 1. The van der Waals surface area contributed by atoms with Crippen LogP contribution in [0.15, 0.2) is 53.7 Å². The van der Waals surface area contributed by atoms with Crippen LogP contribution in [0.25, 0.3) is 5.69 Å². The van der Waals surface area contributed by atoms with Gasteiger partial charge in [0.05, 0.1) is 40.5 Å². The molecule has 2 aliphatic rings. The van der Waals surface area contributed by atoms with E-state index in [-0.39, 0.29) is 35.6 Å². The summed E-state index contributed by atoms with van der Waals surface area (Å²) in [7, 11) is -4.39. The van der Waals surface area contributed by atoms with E-state index in [1.165, 1.54) is 35.2 Å². The Morgan fingerprint density at radius 2 is 1.78 bits per heavy atom. The second-order valence-electron chi connectivity index (χ2n) is 12.5. The number of hydrogen-bond donors (Lipinski definition) is 4. The van der Waals surface area contributed by atoms with Crippen molar-refractivity contribution in [2.75, 3.05) is 38.2 Å². The van der Waals surface area contributed by atoms with Gasteiger partial charge in [0.25, 0.3) is 5.91 Å². The molecule has 17 heteroatoms. The molecular formula is C32H33F2N7O7S. The fourth-order valence-electron chi connectivity index (χ4n) is 6.17. The summed E-state index contributed by atoms with van der Waals surface area (Å²) in [4.78, 5) is 39.9. The highest BCUT2D eigenvalue weighted by molar-refractivity contribution is 7.89. The van der Waals surface area contributed by atoms with Gasteiger partial charge in [-0.05, 0) is 35.9 Å². The molecule has 4 aromatic rings. The molecule has 0 spiro atoms. The van der Waals surface area contributed by atoms with Crippen LogP contribution in [0.5, 0.6) is 0 Å². The van der Waals surface area contributed by atoms with Crippen LogP contribution < -0.4 is 11.1 Å². The van der Waals surface area contributed by atoms with Crippen LogP contribution in [0.3, 0.4) is 0 Å². The van der Waals surface area contributed by atoms with Crippen molar-refractivity contribution < 1.29 is 41.4 Å². The van der Waals surface area contributed by atoms with Gasteiger partial charge in [0.15, 0.2) is 5.82 Å². The molecule has 49 heavy (non-hydrogen) atoms. The number of H-pyrrole nitrogens is 1. The van der Waals surface area contributed by atoms with Crippen molar-refractivity contribution in [3.8, 4) is 5.69 Å². The number of hydrogen-bond acceptors (Lipinski definition) is 8. The lowest BCUT2D eigenvalue weighted by Crippen LogP contribution is -2.45. The van der Waals surface area contributed by atoms with E-state index in [2.05, 4.69) is 20.4 Å². The Balaban J connectivity index is 1.37. The van der Waals surface area contributed by atoms with Crippen LogP contribution in [0, 0.1) is 11.6 Å². The van der Waals surface area contributed by atoms with Gasteiger partial charge in [0, 0.05) is 67.9 Å². The lowest BCUT2D eigenvalue weighted by molar-refractivity contribution is 0.0341. The maximum absolute atomic E-state index is 14.0. The van der Waals surface area contributed by atoms with E-state index in [9.17, 15) is 36.7 Å². The number of primary amides is 1. The number of carbonyl (C=O) groups is 3. The number of aromatic nitrogens is 3. The summed E-state index contributed by atoms with van der Waals surface area (Å²) in [5.41, 5.74) is 6.55. The predicted octanol–water partition coefficient (Wildman–Crippen LogP) is 2.84. The fraction of sp³-hybridized carbons (Fsp3) is 0.312. The number of benzene rings is 2. The number of halogens is 2. The summed E-state index contributed by atoms with van der Waals surface area (Å²) in [5.74, 6) is -4.95. The van der Waals surface area contributed by atoms with Crippen molar-refractivity contribution in [2.24, 2.45) is 5.73 Å². The van der Waals surface area contributed by atoms with Crippen LogP contribution in [0.2, 0.25) is 0 Å². The van der Waals surface area contributed by atoms with Crippen molar-refractivity contribution >= 4 is 33.6 Å². The number of aromatic carboxylic acids is 1. The molecule has 0 radical (unpaired) electrons. The largest absolute Gasteiger partial charge is 0.478 e. The molecule has 5 N–H and O–H groups in total. The maximum atomic E-state index is 14.0. The van der Waals surface area contributed by atoms with Gasteiger partial charge in [-0.2, -0.15) is 9.40 Å². The minimum absolute atomic E-state index is 0.00792. The molecule has 1 saturated heterocycles. The SMILES string of the molecule is CC1(C)CN(S(=O)(=O)c2cc(F)cc(F)c2)Cc2c(NC(=O)c3cc(-n4ccc(C(=O)O)c4)c(CN4CCOCC4)cc3C(N)=O)n[nH]c21. The van der Waals surface area contributed by atoms with Gasteiger partial charge in [-0.25, -0.2) is 22.0 Å². The number of carbonyl (C=O) groups excluding carboxylic acids is 2. The topological polar surface area (TPSA) is 193 Å². The minimum atomic E-state index is -4.39. The first-order chi connectivity index (χ1) is 23.1. The summed E-state index contributed by atoms with van der Waals surface area (Å²) in [6, 6.07) is 6.37. The van der Waals surface area contributed by atoms with Crippen LogP contribution in [0.1, 0.15) is 61.7 Å². The molecule has 0 saturated carbocycles. The summed E-state index contributed by atoms with van der Waals surface area (Å²) < 4.78 is 63.1. The first kappa shape index (κ1) is 33.9. The number of fused-ring (bicyclic) bond motifs is 1. The first-order valence-electron chi connectivity index (χ1n) is 15.2. The molecule has 6 rings (SSSR count). The molecule has 2 amide bonds. The van der Waals surface area contributed by atoms with E-state index in [1.807, 2.05) is 0 Å². The van der Waals surface area contributed by atoms with Gasteiger partial charge in [0.1, 0.15) is 11.6 Å². The zero-order valence-electron chi connectivity index (χ0n) is 26.5. The number of sulfonamides is 1. The highest BCUT2D eigenvalue weighted by Crippen LogP contribution is 2.38. The molecule has 0 atom stereocenters. The third-order valence-electron chi connectivity index (χ3n) is 8.60. The number of amides is 2. The highest BCUT2D eigenvalue weighted by atomic mass is 32.2. The van der Waals surface area contributed by atoms with Crippen molar-refractivity contribution in [3.63, 3.8) is 0 Å². The Labute approximate surface area is 279 Å². The second-order valence-corrected chi connectivity index (χ2v) is 14.5. The lowest BCUT2D eigenvalue weighted by Gasteiger charge is -2.36. The Hall–Kier alpha value is -4.97. The molecule has 14 nitrogen and oxygen atoms in total. The zero-order chi connectivity index (χ0) is 35.2. The smallest absolute Gasteiger partial charge is 0.337 e. The number of rotatable bonds is 9. The molecule has 1 fully saturated rings. The number of ether oxygens (including phenoxy) is 1. The number of nitrogens with two attached hydrogens (primary N) is 1. The zero-order valence-corrected chi connectivity index (χ0v) is 27.3. The van der Waals surface area contributed by atoms with Crippen molar-refractivity contribution in [1.29, 1.82) is 0 Å². The molecule has 0 bridgehead atoms. The number of nitrogens with one attached hydrogen (secondary N) is 2. The van der Waals surface area contributed by atoms with E-state index in [0.717, 1.165) is 16.4 Å². The normalized spacial score (nSPS) is 16.7. The summed E-state index contributed by atoms with van der Waals surface area (Å²) in [6.07, 6.45) is 2.91. The van der Waals surface area contributed by atoms with Gasteiger partial charge >= 0.3 is 5.97 Å². The Bertz CT molecular complexity index is 2070. The fourth-order valence-corrected chi connectivity index (χ4v) is 7.78. The summed E-state index contributed by atoms with van der Waals surface area (Å²) >= 11 is 0. The number of aromatic amines is 1.